The van der Waals surface area contributed by atoms with Gasteiger partial charge in [0, 0.05) is 0 Å². The first-order valence-electron chi connectivity index (χ1n) is 6.94. The van der Waals surface area contributed by atoms with Crippen molar-refractivity contribution in [2.24, 2.45) is 0 Å². The van der Waals surface area contributed by atoms with Gasteiger partial charge in [-0.05, 0) is 24.1 Å². The van der Waals surface area contributed by atoms with Crippen molar-refractivity contribution in [3.05, 3.63) is 40.9 Å². The highest BCUT2D eigenvalue weighted by Gasteiger charge is 2.20. The second kappa shape index (κ2) is 9.26. The van der Waals surface area contributed by atoms with Crippen LogP contribution in [0.15, 0.2) is 30.5 Å². The first kappa shape index (κ1) is 19.9. The van der Waals surface area contributed by atoms with Gasteiger partial charge in [-0.2, -0.15) is 13.5 Å². The SMILES string of the molecule is CC[C@H](C(=O)Nc1ncc(C(=O)NO)s1)c1ccc(OC)cc1.S. The van der Waals surface area contributed by atoms with Crippen LogP contribution in [0.1, 0.15) is 34.5 Å². The zero-order valence-electron chi connectivity index (χ0n) is 13.2. The molecule has 1 heterocycles. The molecule has 0 aliphatic carbocycles. The summed E-state index contributed by atoms with van der Waals surface area (Å²) in [7, 11) is 1.58. The summed E-state index contributed by atoms with van der Waals surface area (Å²) < 4.78 is 5.11. The molecular weight excluding hydrogens is 350 g/mol. The first-order valence-corrected chi connectivity index (χ1v) is 7.75. The lowest BCUT2D eigenvalue weighted by molar-refractivity contribution is -0.117. The van der Waals surface area contributed by atoms with E-state index in [4.69, 9.17) is 9.94 Å². The van der Waals surface area contributed by atoms with E-state index in [1.165, 1.54) is 11.7 Å². The number of anilines is 1. The minimum Gasteiger partial charge on any atom is -0.497 e. The second-order valence-corrected chi connectivity index (χ2v) is 5.72. The number of nitrogens with one attached hydrogen (secondary N) is 2. The molecule has 3 N–H and O–H groups in total. The average Bonchev–Trinajstić information content (AvgIpc) is 3.04. The Hall–Kier alpha value is -2.10. The summed E-state index contributed by atoms with van der Waals surface area (Å²) in [4.78, 5) is 27.9. The number of methoxy groups -OCH3 is 1. The van der Waals surface area contributed by atoms with E-state index >= 15 is 0 Å². The number of ether oxygens (including phenoxy) is 1. The molecule has 9 heteroatoms. The van der Waals surface area contributed by atoms with Crippen LogP contribution in [0.3, 0.4) is 0 Å². The second-order valence-electron chi connectivity index (χ2n) is 4.69. The molecule has 24 heavy (non-hydrogen) atoms. The van der Waals surface area contributed by atoms with E-state index in [9.17, 15) is 9.59 Å². The lowest BCUT2D eigenvalue weighted by Gasteiger charge is -2.14. The number of hydroxylamine groups is 1. The molecule has 0 aliphatic rings. The minimum absolute atomic E-state index is 0. The van der Waals surface area contributed by atoms with Gasteiger partial charge < -0.3 is 10.1 Å². The predicted octanol–water partition coefficient (Wildman–Crippen LogP) is 2.52. The molecule has 130 valence electrons. The fourth-order valence-corrected chi connectivity index (χ4v) is 2.80. The fraction of sp³-hybridized carbons (Fsp3) is 0.267. The smallest absolute Gasteiger partial charge is 0.286 e. The maximum atomic E-state index is 12.4. The van der Waals surface area contributed by atoms with Crippen LogP contribution < -0.4 is 15.5 Å². The van der Waals surface area contributed by atoms with Crippen molar-refractivity contribution in [1.82, 2.24) is 10.5 Å². The van der Waals surface area contributed by atoms with Crippen molar-refractivity contribution in [1.29, 1.82) is 0 Å². The van der Waals surface area contributed by atoms with Crippen molar-refractivity contribution in [2.75, 3.05) is 12.4 Å². The van der Waals surface area contributed by atoms with E-state index in [0.717, 1.165) is 22.6 Å². The van der Waals surface area contributed by atoms with Gasteiger partial charge in [0.2, 0.25) is 5.91 Å². The van der Waals surface area contributed by atoms with Crippen LogP contribution in [-0.4, -0.2) is 29.1 Å². The van der Waals surface area contributed by atoms with Crippen LogP contribution in [0.5, 0.6) is 5.75 Å². The Labute approximate surface area is 150 Å². The Morgan fingerprint density at radius 2 is 2.00 bits per heavy atom. The molecule has 7 nitrogen and oxygen atoms in total. The van der Waals surface area contributed by atoms with Crippen molar-refractivity contribution in [3.63, 3.8) is 0 Å². The molecule has 0 aliphatic heterocycles. The summed E-state index contributed by atoms with van der Waals surface area (Å²) in [6.07, 6.45) is 1.91. The largest absolute Gasteiger partial charge is 0.497 e. The van der Waals surface area contributed by atoms with Crippen molar-refractivity contribution >= 4 is 41.8 Å². The van der Waals surface area contributed by atoms with Crippen LogP contribution in [0.25, 0.3) is 0 Å². The molecule has 0 unspecified atom stereocenters. The molecule has 0 saturated carbocycles. The van der Waals surface area contributed by atoms with Crippen LogP contribution in [0, 0.1) is 0 Å². The van der Waals surface area contributed by atoms with Crippen molar-refractivity contribution in [2.45, 2.75) is 19.3 Å². The van der Waals surface area contributed by atoms with Gasteiger partial charge >= 0.3 is 0 Å². The quantitative estimate of drug-likeness (QED) is 0.537. The number of amides is 2. The average molecular weight is 369 g/mol. The van der Waals surface area contributed by atoms with E-state index in [1.54, 1.807) is 19.2 Å². The third kappa shape index (κ3) is 4.70. The summed E-state index contributed by atoms with van der Waals surface area (Å²) in [5.74, 6) is -0.475. The van der Waals surface area contributed by atoms with Crippen LogP contribution in [0.4, 0.5) is 5.13 Å². The molecule has 0 fully saturated rings. The molecule has 0 radical (unpaired) electrons. The Balaban J connectivity index is 0.00000288. The Kier molecular flexibility index (Phi) is 7.69. The van der Waals surface area contributed by atoms with Crippen molar-refractivity contribution < 1.29 is 19.5 Å². The highest BCUT2D eigenvalue weighted by molar-refractivity contribution is 7.59. The van der Waals surface area contributed by atoms with E-state index < -0.39 is 5.91 Å². The minimum atomic E-state index is -0.662. The van der Waals surface area contributed by atoms with E-state index in [2.05, 4.69) is 10.3 Å². The van der Waals surface area contributed by atoms with Gasteiger partial charge in [-0.15, -0.1) is 0 Å². The molecular formula is C15H19N3O4S2. The standard InChI is InChI=1S/C15H17N3O4S.H2S/c1-3-11(9-4-6-10(22-2)7-5-9)13(19)17-15-16-8-12(23-15)14(20)18-21;/h4-8,11,21H,3H2,1-2H3,(H,18,20)(H,16,17,19);1H2/t11-;/m0./s1. The molecule has 0 spiro atoms. The molecule has 1 aromatic heterocycles. The zero-order chi connectivity index (χ0) is 16.8. The molecule has 0 bridgehead atoms. The predicted molar refractivity (Wildman–Crippen MR) is 96.4 cm³/mol. The van der Waals surface area contributed by atoms with Gasteiger partial charge in [0.05, 0.1) is 19.2 Å². The number of rotatable bonds is 6. The summed E-state index contributed by atoms with van der Waals surface area (Å²) >= 11 is 0.988. The molecule has 2 aromatic rings. The number of aromatic nitrogens is 1. The number of carbonyl (C=O) groups is 2. The number of hydrogen-bond acceptors (Lipinski definition) is 6. The molecule has 2 rings (SSSR count). The van der Waals surface area contributed by atoms with Gasteiger partial charge in [-0.1, -0.05) is 30.4 Å². The van der Waals surface area contributed by atoms with E-state index in [-0.39, 0.29) is 30.2 Å². The number of carbonyl (C=O) groups excluding carboxylic acids is 2. The van der Waals surface area contributed by atoms with Gasteiger partial charge in [0.25, 0.3) is 5.91 Å². The third-order valence-corrected chi connectivity index (χ3v) is 4.22. The summed E-state index contributed by atoms with van der Waals surface area (Å²) in [5.41, 5.74) is 2.40. The van der Waals surface area contributed by atoms with Gasteiger partial charge in [0.15, 0.2) is 5.13 Å². The maximum Gasteiger partial charge on any atom is 0.286 e. The Bertz CT molecular complexity index is 688. The summed E-state index contributed by atoms with van der Waals surface area (Å²) in [6, 6.07) is 7.30. The van der Waals surface area contributed by atoms with E-state index in [0.29, 0.717) is 11.6 Å². The molecule has 2 amide bonds. The number of thiazole rings is 1. The lowest BCUT2D eigenvalue weighted by atomic mass is 9.95. The first-order chi connectivity index (χ1) is 11.1. The van der Waals surface area contributed by atoms with Gasteiger partial charge in [-0.25, -0.2) is 10.5 Å². The summed E-state index contributed by atoms with van der Waals surface area (Å²) in [6.45, 7) is 1.92. The summed E-state index contributed by atoms with van der Waals surface area (Å²) in [5, 5.41) is 11.6. The number of benzene rings is 1. The topological polar surface area (TPSA) is 101 Å². The monoisotopic (exact) mass is 369 g/mol. The van der Waals surface area contributed by atoms with Gasteiger partial charge in [0.1, 0.15) is 10.6 Å². The number of nitrogens with zero attached hydrogens (tertiary/aromatic N) is 1. The lowest BCUT2D eigenvalue weighted by Crippen LogP contribution is -2.20. The highest BCUT2D eigenvalue weighted by atomic mass is 32.1. The number of hydrogen-bond donors (Lipinski definition) is 3. The van der Waals surface area contributed by atoms with E-state index in [1.807, 2.05) is 19.1 Å². The fourth-order valence-electron chi connectivity index (χ4n) is 2.09. The molecule has 0 saturated heterocycles. The van der Waals surface area contributed by atoms with Crippen LogP contribution >= 0.6 is 24.8 Å². The van der Waals surface area contributed by atoms with Crippen LogP contribution in [-0.2, 0) is 4.79 Å². The molecule has 1 atom stereocenters. The normalized spacial score (nSPS) is 11.1. The zero-order valence-corrected chi connectivity index (χ0v) is 15.0. The van der Waals surface area contributed by atoms with Gasteiger partial charge in [-0.3, -0.25) is 14.8 Å². The maximum absolute atomic E-state index is 12.4. The molecule has 1 aromatic carbocycles. The Morgan fingerprint density at radius 3 is 2.54 bits per heavy atom. The van der Waals surface area contributed by atoms with Crippen molar-refractivity contribution in [3.8, 4) is 5.75 Å². The van der Waals surface area contributed by atoms with Crippen LogP contribution in [0.2, 0.25) is 0 Å². The Morgan fingerprint density at radius 1 is 1.33 bits per heavy atom. The third-order valence-electron chi connectivity index (χ3n) is 3.30. The highest BCUT2D eigenvalue weighted by Crippen LogP contribution is 2.25.